The topological polar surface area (TPSA) is 29.5 Å². The first kappa shape index (κ1) is 10.6. The van der Waals surface area contributed by atoms with Crippen LogP contribution < -0.4 is 4.74 Å². The van der Waals surface area contributed by atoms with E-state index < -0.39 is 0 Å². The van der Waals surface area contributed by atoms with Crippen LogP contribution >= 0.6 is 0 Å². The van der Waals surface area contributed by atoms with Gasteiger partial charge in [0.05, 0.1) is 6.61 Å². The van der Waals surface area contributed by atoms with Gasteiger partial charge in [-0.3, -0.25) is 0 Å². The Labute approximate surface area is 95.1 Å². The van der Waals surface area contributed by atoms with Crippen LogP contribution in [0.25, 0.3) is 11.1 Å². The minimum atomic E-state index is 0.276. The van der Waals surface area contributed by atoms with Crippen molar-refractivity contribution in [1.82, 2.24) is 0 Å². The molecule has 16 heavy (non-hydrogen) atoms. The van der Waals surface area contributed by atoms with Crippen LogP contribution in [0.2, 0.25) is 0 Å². The molecule has 0 bridgehead atoms. The van der Waals surface area contributed by atoms with Crippen molar-refractivity contribution in [2.45, 2.75) is 6.92 Å². The number of ether oxygens (including phenoxy) is 1. The molecule has 2 rings (SSSR count). The maximum Gasteiger partial charge on any atom is 0.127 e. The summed E-state index contributed by atoms with van der Waals surface area (Å²) in [6.45, 7) is 2.61. The second kappa shape index (κ2) is 4.71. The molecular weight excluding hydrogens is 200 g/mol. The molecule has 2 heteroatoms. The second-order valence-electron chi connectivity index (χ2n) is 3.48. The number of benzene rings is 2. The first-order valence-corrected chi connectivity index (χ1v) is 5.32. The van der Waals surface area contributed by atoms with Crippen molar-refractivity contribution >= 4 is 0 Å². The number of hydrogen-bond acceptors (Lipinski definition) is 2. The van der Waals surface area contributed by atoms with Gasteiger partial charge in [0.15, 0.2) is 0 Å². The molecular formula is C14H14O2. The van der Waals surface area contributed by atoms with Crippen LogP contribution in [0.4, 0.5) is 0 Å². The fourth-order valence-electron chi connectivity index (χ4n) is 1.63. The summed E-state index contributed by atoms with van der Waals surface area (Å²) in [4.78, 5) is 0. The van der Waals surface area contributed by atoms with Gasteiger partial charge in [-0.25, -0.2) is 0 Å². The molecule has 2 nitrogen and oxygen atoms in total. The van der Waals surface area contributed by atoms with Crippen LogP contribution in [0.3, 0.4) is 0 Å². The second-order valence-corrected chi connectivity index (χ2v) is 3.48. The maximum absolute atomic E-state index is 9.24. The predicted molar refractivity (Wildman–Crippen MR) is 64.7 cm³/mol. The van der Waals surface area contributed by atoms with Gasteiger partial charge in [0.25, 0.3) is 0 Å². The van der Waals surface area contributed by atoms with Crippen molar-refractivity contribution in [1.29, 1.82) is 0 Å². The monoisotopic (exact) mass is 214 g/mol. The van der Waals surface area contributed by atoms with Gasteiger partial charge in [-0.05, 0) is 30.7 Å². The third-order valence-corrected chi connectivity index (χ3v) is 2.37. The highest BCUT2D eigenvalue weighted by Gasteiger charge is 2.04. The maximum atomic E-state index is 9.24. The lowest BCUT2D eigenvalue weighted by atomic mass is 10.0. The molecule has 0 radical (unpaired) electrons. The summed E-state index contributed by atoms with van der Waals surface area (Å²) >= 11 is 0. The fraction of sp³-hybridized carbons (Fsp3) is 0.143. The molecule has 0 aliphatic carbocycles. The Kier molecular flexibility index (Phi) is 3.10. The van der Waals surface area contributed by atoms with E-state index in [0.717, 1.165) is 16.9 Å². The first-order valence-electron chi connectivity index (χ1n) is 5.32. The number of hydrogen-bond donors (Lipinski definition) is 1. The minimum absolute atomic E-state index is 0.276. The summed E-state index contributed by atoms with van der Waals surface area (Å²) < 4.78 is 5.56. The van der Waals surface area contributed by atoms with Gasteiger partial charge in [0.2, 0.25) is 0 Å². The van der Waals surface area contributed by atoms with E-state index in [2.05, 4.69) is 0 Å². The number of phenolic OH excluding ortho intramolecular Hbond substituents is 1. The average molecular weight is 214 g/mol. The van der Waals surface area contributed by atoms with Crippen molar-refractivity contribution in [2.24, 2.45) is 0 Å². The molecule has 0 saturated heterocycles. The number of aromatic hydroxyl groups is 1. The third kappa shape index (κ3) is 2.16. The summed E-state index contributed by atoms with van der Waals surface area (Å²) in [6, 6.07) is 15.0. The number of rotatable bonds is 3. The lowest BCUT2D eigenvalue weighted by molar-refractivity contribution is 0.341. The molecule has 2 aromatic rings. The smallest absolute Gasteiger partial charge is 0.127 e. The van der Waals surface area contributed by atoms with Gasteiger partial charge in [0, 0.05) is 5.56 Å². The fourth-order valence-corrected chi connectivity index (χ4v) is 1.63. The van der Waals surface area contributed by atoms with Gasteiger partial charge >= 0.3 is 0 Å². The Morgan fingerprint density at radius 1 is 1.00 bits per heavy atom. The predicted octanol–water partition coefficient (Wildman–Crippen LogP) is 3.46. The van der Waals surface area contributed by atoms with Gasteiger partial charge < -0.3 is 9.84 Å². The van der Waals surface area contributed by atoms with Crippen molar-refractivity contribution < 1.29 is 9.84 Å². The van der Waals surface area contributed by atoms with E-state index in [4.69, 9.17) is 4.74 Å². The molecule has 0 aliphatic heterocycles. The summed E-state index contributed by atoms with van der Waals surface area (Å²) in [5.74, 6) is 1.15. The van der Waals surface area contributed by atoms with Crippen LogP contribution in [-0.2, 0) is 0 Å². The number of phenols is 1. The van der Waals surface area contributed by atoms with E-state index in [1.807, 2.05) is 43.3 Å². The Hall–Kier alpha value is -1.96. The van der Waals surface area contributed by atoms with E-state index in [-0.39, 0.29) is 5.75 Å². The molecule has 0 aromatic heterocycles. The van der Waals surface area contributed by atoms with E-state index >= 15 is 0 Å². The average Bonchev–Trinajstić information content (AvgIpc) is 2.32. The molecule has 0 saturated carbocycles. The van der Waals surface area contributed by atoms with Crippen molar-refractivity contribution in [3.63, 3.8) is 0 Å². The Bertz CT molecular complexity index is 460. The molecule has 2 aromatic carbocycles. The van der Waals surface area contributed by atoms with Gasteiger partial charge in [0.1, 0.15) is 11.5 Å². The molecule has 0 unspecified atom stereocenters. The molecule has 0 amide bonds. The highest BCUT2D eigenvalue weighted by molar-refractivity contribution is 5.70. The molecule has 0 fully saturated rings. The Morgan fingerprint density at radius 3 is 2.38 bits per heavy atom. The van der Waals surface area contributed by atoms with Gasteiger partial charge in [-0.1, -0.05) is 30.3 Å². The minimum Gasteiger partial charge on any atom is -0.508 e. The summed E-state index contributed by atoms with van der Waals surface area (Å²) in [7, 11) is 0. The quantitative estimate of drug-likeness (QED) is 0.847. The zero-order valence-electron chi connectivity index (χ0n) is 9.18. The zero-order valence-corrected chi connectivity index (χ0v) is 9.18. The third-order valence-electron chi connectivity index (χ3n) is 2.37. The van der Waals surface area contributed by atoms with Crippen LogP contribution in [0, 0.1) is 0 Å². The molecule has 82 valence electrons. The van der Waals surface area contributed by atoms with Gasteiger partial charge in [-0.2, -0.15) is 0 Å². The lowest BCUT2D eigenvalue weighted by Crippen LogP contribution is -1.93. The van der Waals surface area contributed by atoms with E-state index in [0.29, 0.717) is 6.61 Å². The van der Waals surface area contributed by atoms with Crippen LogP contribution in [0.1, 0.15) is 6.92 Å². The summed E-state index contributed by atoms with van der Waals surface area (Å²) in [6.07, 6.45) is 0. The lowest BCUT2D eigenvalue weighted by Gasteiger charge is -2.09. The molecule has 0 heterocycles. The molecule has 1 N–H and O–H groups in total. The van der Waals surface area contributed by atoms with Crippen LogP contribution in [0.5, 0.6) is 11.5 Å². The van der Waals surface area contributed by atoms with E-state index in [9.17, 15) is 5.11 Å². The first-order chi connectivity index (χ1) is 7.81. The number of para-hydroxylation sites is 1. The van der Waals surface area contributed by atoms with Crippen LogP contribution in [0.15, 0.2) is 48.5 Å². The SMILES string of the molecule is CCOc1ccccc1-c1ccc(O)cc1. The van der Waals surface area contributed by atoms with E-state index in [1.165, 1.54) is 0 Å². The normalized spacial score (nSPS) is 10.1. The highest BCUT2D eigenvalue weighted by atomic mass is 16.5. The largest absolute Gasteiger partial charge is 0.508 e. The van der Waals surface area contributed by atoms with E-state index in [1.54, 1.807) is 12.1 Å². The highest BCUT2D eigenvalue weighted by Crippen LogP contribution is 2.30. The van der Waals surface area contributed by atoms with Gasteiger partial charge in [-0.15, -0.1) is 0 Å². The summed E-state index contributed by atoms with van der Waals surface area (Å²) in [5.41, 5.74) is 2.09. The molecule has 0 atom stereocenters. The Balaban J connectivity index is 2.42. The van der Waals surface area contributed by atoms with Crippen molar-refractivity contribution in [3.05, 3.63) is 48.5 Å². The molecule has 0 aliphatic rings. The van der Waals surface area contributed by atoms with Crippen molar-refractivity contribution in [3.8, 4) is 22.6 Å². The zero-order chi connectivity index (χ0) is 11.4. The summed E-state index contributed by atoms with van der Waals surface area (Å²) in [5, 5.41) is 9.24. The molecule has 0 spiro atoms. The van der Waals surface area contributed by atoms with Crippen LogP contribution in [-0.4, -0.2) is 11.7 Å². The standard InChI is InChI=1S/C14H14O2/c1-2-16-14-6-4-3-5-13(14)11-7-9-12(15)10-8-11/h3-10,15H,2H2,1H3. The van der Waals surface area contributed by atoms with Crippen molar-refractivity contribution in [2.75, 3.05) is 6.61 Å². The Morgan fingerprint density at radius 2 is 1.69 bits per heavy atom.